The molecule has 2 rings (SSSR count). The van der Waals surface area contributed by atoms with Crippen molar-refractivity contribution in [1.29, 1.82) is 0 Å². The van der Waals surface area contributed by atoms with Gasteiger partial charge in [0.05, 0.1) is 1.37 Å². The minimum atomic E-state index is 0.113. The molecule has 4 heteroatoms. The zero-order valence-corrected chi connectivity index (χ0v) is 8.37. The maximum atomic E-state index is 11.7. The monoisotopic (exact) mass is 215 g/mol. The average molecular weight is 215 g/mol. The van der Waals surface area contributed by atoms with E-state index in [4.69, 9.17) is 6.48 Å². The van der Waals surface area contributed by atoms with E-state index in [0.29, 0.717) is 10.5 Å². The normalized spacial score (nSPS) is 12.2. The molecule has 0 fully saturated rings. The summed E-state index contributed by atoms with van der Waals surface area (Å²) < 4.78 is 7.56. The maximum absolute atomic E-state index is 11.7. The van der Waals surface area contributed by atoms with E-state index >= 15 is 0 Å². The van der Waals surface area contributed by atoms with E-state index in [1.165, 1.54) is 36.4 Å². The Balaban J connectivity index is 2.34. The lowest BCUT2D eigenvalue weighted by atomic mass is 10.3. The minimum absolute atomic E-state index is 0.113. The Labute approximate surface area is 94.1 Å². The van der Waals surface area contributed by atoms with Crippen molar-refractivity contribution in [2.24, 2.45) is 5.11 Å². The Bertz CT molecular complexity index is 553. The van der Waals surface area contributed by atoms with Gasteiger partial charge in [0, 0.05) is 17.2 Å². The second-order valence-electron chi connectivity index (χ2n) is 3.14. The number of para-hydroxylation sites is 1. The van der Waals surface area contributed by atoms with Crippen molar-refractivity contribution in [2.45, 2.75) is 0 Å². The molecule has 2 aromatic rings. The van der Waals surface area contributed by atoms with Crippen LogP contribution in [0.1, 0.15) is 1.37 Å². The van der Waals surface area contributed by atoms with Gasteiger partial charge in [0.1, 0.15) is 11.4 Å². The van der Waals surface area contributed by atoms with Crippen molar-refractivity contribution in [2.75, 3.05) is 0 Å². The zero-order chi connectivity index (χ0) is 12.3. The Hall–Kier alpha value is -2.36. The topological polar surface area (TPSA) is 58.7 Å². The lowest BCUT2D eigenvalue weighted by molar-refractivity contribution is -0.435. The lowest BCUT2D eigenvalue weighted by Gasteiger charge is -1.98. The lowest BCUT2D eigenvalue weighted by Crippen LogP contribution is -1.89. The van der Waals surface area contributed by atoms with Crippen LogP contribution in [0.25, 0.3) is 0 Å². The molecule has 0 bridgehead atoms. The quantitative estimate of drug-likeness (QED) is 0.474. The van der Waals surface area contributed by atoms with Gasteiger partial charge < -0.3 is 10.3 Å². The summed E-state index contributed by atoms with van der Waals surface area (Å²) in [4.78, 5) is 0.398. The summed E-state index contributed by atoms with van der Waals surface area (Å²) in [5, 5.41) is 24.6. The standard InChI is InChI=1S/C12H10N2O2/c15-12-8-6-10(7-9-12)13-14(16)11-4-2-1-3-5-11/h1-9,15H/i4D. The second kappa shape index (κ2) is 4.44. The van der Waals surface area contributed by atoms with Gasteiger partial charge in [0.2, 0.25) is 5.69 Å². The summed E-state index contributed by atoms with van der Waals surface area (Å²) >= 11 is 0. The van der Waals surface area contributed by atoms with Crippen LogP contribution >= 0.6 is 0 Å². The van der Waals surface area contributed by atoms with Crippen LogP contribution in [0, 0.1) is 5.21 Å². The number of phenolic OH excluding ortho intramolecular Hbond substituents is 1. The minimum Gasteiger partial charge on any atom is -0.594 e. The van der Waals surface area contributed by atoms with Gasteiger partial charge in [-0.25, -0.2) is 0 Å². The first-order valence-electron chi connectivity index (χ1n) is 5.20. The molecule has 16 heavy (non-hydrogen) atoms. The molecule has 0 amide bonds. The molecule has 0 unspecified atom stereocenters. The van der Waals surface area contributed by atoms with Crippen LogP contribution in [0.2, 0.25) is 0 Å². The number of phenols is 1. The van der Waals surface area contributed by atoms with Crippen molar-refractivity contribution in [1.82, 2.24) is 0 Å². The van der Waals surface area contributed by atoms with Crippen LogP contribution in [-0.4, -0.2) is 9.97 Å². The van der Waals surface area contributed by atoms with E-state index in [1.54, 1.807) is 12.1 Å². The number of hydrogen-bond donors (Lipinski definition) is 1. The van der Waals surface area contributed by atoms with Crippen LogP contribution in [0.3, 0.4) is 0 Å². The Morgan fingerprint density at radius 3 is 2.56 bits per heavy atom. The van der Waals surface area contributed by atoms with Crippen LogP contribution in [-0.2, 0) is 0 Å². The van der Waals surface area contributed by atoms with Gasteiger partial charge in [-0.15, -0.1) is 0 Å². The van der Waals surface area contributed by atoms with E-state index in [0.717, 1.165) is 0 Å². The second-order valence-corrected chi connectivity index (χ2v) is 3.14. The average Bonchev–Trinajstić information content (AvgIpc) is 2.32. The van der Waals surface area contributed by atoms with E-state index in [-0.39, 0.29) is 17.5 Å². The van der Waals surface area contributed by atoms with E-state index in [1.807, 2.05) is 0 Å². The summed E-state index contributed by atoms with van der Waals surface area (Å²) in [6.45, 7) is 0. The SMILES string of the molecule is [2H]c1ccccc1[N+]([O-])=Nc1ccc(O)cc1. The van der Waals surface area contributed by atoms with Crippen molar-refractivity contribution >= 4 is 11.4 Å². The van der Waals surface area contributed by atoms with E-state index in [9.17, 15) is 5.21 Å². The molecule has 4 nitrogen and oxygen atoms in total. The molecular formula is C12H10N2O2. The predicted molar refractivity (Wildman–Crippen MR) is 59.9 cm³/mol. The largest absolute Gasteiger partial charge is 0.594 e. The fraction of sp³-hybridized carbons (Fsp3) is 0. The Morgan fingerprint density at radius 2 is 1.88 bits per heavy atom. The molecule has 0 atom stereocenters. The third-order valence-corrected chi connectivity index (χ3v) is 1.95. The van der Waals surface area contributed by atoms with Gasteiger partial charge >= 0.3 is 0 Å². The molecule has 80 valence electrons. The number of azo groups is 1. The molecule has 1 N–H and O–H groups in total. The molecule has 0 saturated carbocycles. The third-order valence-electron chi connectivity index (χ3n) is 1.95. The van der Waals surface area contributed by atoms with E-state index in [2.05, 4.69) is 5.11 Å². The maximum Gasteiger partial charge on any atom is 0.244 e. The van der Waals surface area contributed by atoms with Gasteiger partial charge in [-0.05, 0) is 24.3 Å². The predicted octanol–water partition coefficient (Wildman–Crippen LogP) is 3.32. The molecule has 0 spiro atoms. The van der Waals surface area contributed by atoms with Gasteiger partial charge in [-0.3, -0.25) is 0 Å². The molecule has 0 heterocycles. The summed E-state index contributed by atoms with van der Waals surface area (Å²) in [5.41, 5.74) is 0.599. The van der Waals surface area contributed by atoms with Crippen LogP contribution < -0.4 is 0 Å². The van der Waals surface area contributed by atoms with Crippen LogP contribution in [0.5, 0.6) is 5.75 Å². The highest BCUT2D eigenvalue weighted by Crippen LogP contribution is 2.19. The molecule has 0 aliphatic heterocycles. The molecule has 0 saturated heterocycles. The van der Waals surface area contributed by atoms with Gasteiger partial charge in [-0.2, -0.15) is 0 Å². The number of rotatable bonds is 2. The molecule has 0 radical (unpaired) electrons. The van der Waals surface area contributed by atoms with Gasteiger partial charge in [0.15, 0.2) is 0 Å². The van der Waals surface area contributed by atoms with Crippen LogP contribution in [0.15, 0.2) is 59.7 Å². The molecular weight excluding hydrogens is 204 g/mol. The highest BCUT2D eigenvalue weighted by molar-refractivity contribution is 5.40. The van der Waals surface area contributed by atoms with Crippen molar-refractivity contribution in [3.8, 4) is 5.75 Å². The van der Waals surface area contributed by atoms with Crippen molar-refractivity contribution < 1.29 is 11.3 Å². The fourth-order valence-corrected chi connectivity index (χ4v) is 1.18. The third kappa shape index (κ3) is 2.36. The molecule has 2 aromatic carbocycles. The fourth-order valence-electron chi connectivity index (χ4n) is 1.18. The zero-order valence-electron chi connectivity index (χ0n) is 9.37. The first-order chi connectivity index (χ1) is 8.16. The summed E-state index contributed by atoms with van der Waals surface area (Å²) in [5.74, 6) is 0.113. The van der Waals surface area contributed by atoms with Gasteiger partial charge in [-0.1, -0.05) is 23.1 Å². The highest BCUT2D eigenvalue weighted by Gasteiger charge is 2.01. The smallest absolute Gasteiger partial charge is 0.244 e. The number of hydrogen-bond acceptors (Lipinski definition) is 3. The molecule has 0 aliphatic rings. The highest BCUT2D eigenvalue weighted by atomic mass is 16.5. The first kappa shape index (κ1) is 8.91. The number of benzene rings is 2. The number of aromatic hydroxyl groups is 1. The Kier molecular flexibility index (Phi) is 2.47. The van der Waals surface area contributed by atoms with Gasteiger partial charge in [0.25, 0.3) is 0 Å². The number of nitrogens with zero attached hydrogens (tertiary/aromatic N) is 2. The van der Waals surface area contributed by atoms with E-state index < -0.39 is 0 Å². The summed E-state index contributed by atoms with van der Waals surface area (Å²) in [6.07, 6.45) is 0. The van der Waals surface area contributed by atoms with Crippen molar-refractivity contribution in [3.05, 3.63) is 59.8 Å². The first-order valence-corrected chi connectivity index (χ1v) is 4.70. The van der Waals surface area contributed by atoms with Crippen molar-refractivity contribution in [3.63, 3.8) is 0 Å². The molecule has 0 aromatic heterocycles. The summed E-state index contributed by atoms with van der Waals surface area (Å²) in [6, 6.07) is 12.4. The molecule has 0 aliphatic carbocycles. The van der Waals surface area contributed by atoms with Crippen LogP contribution in [0.4, 0.5) is 11.4 Å². The summed E-state index contributed by atoms with van der Waals surface area (Å²) in [7, 11) is 0. The Morgan fingerprint density at radius 1 is 1.12 bits per heavy atom.